The summed E-state index contributed by atoms with van der Waals surface area (Å²) >= 11 is 0. The lowest BCUT2D eigenvalue weighted by molar-refractivity contribution is 0.252. The quantitative estimate of drug-likeness (QED) is 0.315. The average molecular weight is 500 g/mol. The van der Waals surface area contributed by atoms with E-state index in [1.165, 1.54) is 25.7 Å². The number of benzene rings is 1. The first-order chi connectivity index (χ1) is 18.0. The van der Waals surface area contributed by atoms with Crippen LogP contribution in [0, 0.1) is 11.8 Å². The molecule has 0 bridgehead atoms. The van der Waals surface area contributed by atoms with Crippen molar-refractivity contribution < 1.29 is 0 Å². The predicted octanol–water partition coefficient (Wildman–Crippen LogP) is 5.67. The third-order valence-electron chi connectivity index (χ3n) is 7.88. The molecule has 3 heterocycles. The first kappa shape index (κ1) is 25.1. The fourth-order valence-electron chi connectivity index (χ4n) is 5.90. The smallest absolute Gasteiger partial charge is 0.295 e. The van der Waals surface area contributed by atoms with E-state index < -0.39 is 0 Å². The molecule has 1 saturated carbocycles. The highest BCUT2D eigenvalue weighted by Gasteiger charge is 2.30. The lowest BCUT2D eigenvalue weighted by atomic mass is 9.89. The molecule has 5 rings (SSSR count). The van der Waals surface area contributed by atoms with Crippen LogP contribution in [-0.2, 0) is 13.0 Å². The van der Waals surface area contributed by atoms with Gasteiger partial charge < -0.3 is 0 Å². The Morgan fingerprint density at radius 2 is 1.78 bits per heavy atom. The lowest BCUT2D eigenvalue weighted by Crippen LogP contribution is -2.33. The van der Waals surface area contributed by atoms with Crippen LogP contribution in [0.25, 0.3) is 22.5 Å². The molecule has 194 valence electrons. The molecule has 8 heteroatoms. The summed E-state index contributed by atoms with van der Waals surface area (Å²) in [5.41, 5.74) is 5.11. The maximum absolute atomic E-state index is 13.9. The highest BCUT2D eigenvalue weighted by atomic mass is 16.1. The molecule has 0 amide bonds. The van der Waals surface area contributed by atoms with E-state index in [1.807, 2.05) is 29.0 Å². The van der Waals surface area contributed by atoms with Crippen LogP contribution in [0.4, 0.5) is 0 Å². The Hall–Kier alpha value is -3.55. The highest BCUT2D eigenvalue weighted by molar-refractivity contribution is 5.70. The zero-order valence-electron chi connectivity index (χ0n) is 22.1. The molecule has 0 aliphatic heterocycles. The number of unbranched alkanes of at least 4 members (excludes halogenated alkanes) is 1. The Morgan fingerprint density at radius 1 is 1.03 bits per heavy atom. The number of hydrogen-bond donors (Lipinski definition) is 1. The van der Waals surface area contributed by atoms with Crippen LogP contribution in [0.2, 0.25) is 0 Å². The lowest BCUT2D eigenvalue weighted by Gasteiger charge is -2.27. The van der Waals surface area contributed by atoms with Crippen molar-refractivity contribution in [1.82, 2.24) is 34.7 Å². The summed E-state index contributed by atoms with van der Waals surface area (Å²) in [6.07, 6.45) is 11.9. The number of imidazole rings is 1. The van der Waals surface area contributed by atoms with Gasteiger partial charge in [-0.1, -0.05) is 58.2 Å². The molecule has 2 unspecified atom stereocenters. The molecular weight excluding hydrogens is 462 g/mol. The van der Waals surface area contributed by atoms with Crippen molar-refractivity contribution >= 4 is 0 Å². The van der Waals surface area contributed by atoms with Gasteiger partial charge >= 0.3 is 5.69 Å². The van der Waals surface area contributed by atoms with Crippen molar-refractivity contribution in [3.8, 4) is 22.5 Å². The Balaban J connectivity index is 1.48. The largest absolute Gasteiger partial charge is 0.328 e. The maximum atomic E-state index is 13.9. The topological polar surface area (TPSA) is 94.3 Å². The molecule has 0 saturated heterocycles. The number of aryl methyl sites for hydroxylation is 1. The standard InChI is InChI=1S/C29H37N7O/c1-4-5-13-26-19-36(27-20(2)9-6-7-10-21(27)3)29(37)35(26)18-25-17-23(14-15-30-25)22-11-8-12-24(16-22)28-31-33-34-32-28/h8,11-12,14-17,19-21,27H,4-7,9-10,13,18H2,1-3H3,(H,31,32,33,34). The van der Waals surface area contributed by atoms with Gasteiger partial charge in [0.25, 0.3) is 0 Å². The molecule has 1 N–H and O–H groups in total. The number of aromatic amines is 1. The van der Waals surface area contributed by atoms with Gasteiger partial charge in [0.05, 0.1) is 12.2 Å². The molecule has 1 aromatic carbocycles. The van der Waals surface area contributed by atoms with Gasteiger partial charge in [0, 0.05) is 29.7 Å². The van der Waals surface area contributed by atoms with E-state index in [0.717, 1.165) is 47.3 Å². The molecule has 8 nitrogen and oxygen atoms in total. The summed E-state index contributed by atoms with van der Waals surface area (Å²) in [5.74, 6) is 1.63. The summed E-state index contributed by atoms with van der Waals surface area (Å²) in [7, 11) is 0. The second-order valence-corrected chi connectivity index (χ2v) is 10.6. The van der Waals surface area contributed by atoms with Gasteiger partial charge in [-0.25, -0.2) is 9.89 Å². The maximum Gasteiger partial charge on any atom is 0.328 e. The van der Waals surface area contributed by atoms with Crippen LogP contribution in [0.5, 0.6) is 0 Å². The van der Waals surface area contributed by atoms with E-state index in [9.17, 15) is 4.79 Å². The minimum absolute atomic E-state index is 0.101. The number of tetrazole rings is 1. The highest BCUT2D eigenvalue weighted by Crippen LogP contribution is 2.36. The second kappa shape index (κ2) is 11.2. The van der Waals surface area contributed by atoms with E-state index >= 15 is 0 Å². The van der Waals surface area contributed by atoms with E-state index in [1.54, 1.807) is 0 Å². The minimum Gasteiger partial charge on any atom is -0.295 e. The monoisotopic (exact) mass is 499 g/mol. The fraction of sp³-hybridized carbons (Fsp3) is 0.483. The van der Waals surface area contributed by atoms with Gasteiger partial charge in [-0.2, -0.15) is 0 Å². The number of nitrogens with zero attached hydrogens (tertiary/aromatic N) is 6. The summed E-state index contributed by atoms with van der Waals surface area (Å²) in [6, 6.07) is 12.4. The summed E-state index contributed by atoms with van der Waals surface area (Å²) in [6.45, 7) is 7.30. The van der Waals surface area contributed by atoms with Crippen molar-refractivity contribution in [3.63, 3.8) is 0 Å². The molecule has 37 heavy (non-hydrogen) atoms. The van der Waals surface area contributed by atoms with Gasteiger partial charge in [0.2, 0.25) is 0 Å². The third-order valence-corrected chi connectivity index (χ3v) is 7.88. The van der Waals surface area contributed by atoms with E-state index in [4.69, 9.17) is 0 Å². The van der Waals surface area contributed by atoms with Gasteiger partial charge in [0.1, 0.15) is 0 Å². The predicted molar refractivity (Wildman–Crippen MR) is 145 cm³/mol. The fourth-order valence-corrected chi connectivity index (χ4v) is 5.90. The minimum atomic E-state index is 0.101. The number of H-pyrrole nitrogens is 1. The number of rotatable bonds is 8. The Morgan fingerprint density at radius 3 is 2.51 bits per heavy atom. The molecule has 4 aromatic rings. The molecule has 0 spiro atoms. The Bertz CT molecular complexity index is 1360. The normalized spacial score (nSPS) is 20.1. The van der Waals surface area contributed by atoms with Gasteiger partial charge in [-0.15, -0.1) is 5.10 Å². The van der Waals surface area contributed by atoms with Crippen molar-refractivity contribution in [2.24, 2.45) is 11.8 Å². The molecule has 0 radical (unpaired) electrons. The van der Waals surface area contributed by atoms with Crippen molar-refractivity contribution in [2.45, 2.75) is 78.3 Å². The van der Waals surface area contributed by atoms with Gasteiger partial charge in [-0.3, -0.25) is 14.1 Å². The molecule has 1 aliphatic rings. The number of hydrogen-bond acceptors (Lipinski definition) is 5. The molecule has 1 aliphatic carbocycles. The Kier molecular flexibility index (Phi) is 7.63. The summed E-state index contributed by atoms with van der Waals surface area (Å²) < 4.78 is 4.02. The van der Waals surface area contributed by atoms with Crippen LogP contribution in [0.3, 0.4) is 0 Å². The van der Waals surface area contributed by atoms with Crippen molar-refractivity contribution in [1.29, 1.82) is 0 Å². The molecule has 3 aromatic heterocycles. The molecule has 1 fully saturated rings. The number of aromatic nitrogens is 7. The van der Waals surface area contributed by atoms with E-state index in [2.05, 4.69) is 75.3 Å². The SMILES string of the molecule is CCCCc1cn(C2C(C)CCCCC2C)c(=O)n1Cc1cc(-c2cccc(-c3nnn[nH]3)c2)ccn1. The Labute approximate surface area is 218 Å². The summed E-state index contributed by atoms with van der Waals surface area (Å²) in [5, 5.41) is 14.2. The third kappa shape index (κ3) is 5.43. The molecular formula is C29H37N7O. The van der Waals surface area contributed by atoms with Crippen LogP contribution in [-0.4, -0.2) is 34.7 Å². The van der Waals surface area contributed by atoms with E-state index in [-0.39, 0.29) is 11.7 Å². The van der Waals surface area contributed by atoms with Crippen LogP contribution < -0.4 is 5.69 Å². The first-order valence-electron chi connectivity index (χ1n) is 13.6. The molecule has 2 atom stereocenters. The van der Waals surface area contributed by atoms with Crippen LogP contribution >= 0.6 is 0 Å². The van der Waals surface area contributed by atoms with Crippen LogP contribution in [0.1, 0.15) is 76.7 Å². The van der Waals surface area contributed by atoms with Crippen LogP contribution in [0.15, 0.2) is 53.6 Å². The van der Waals surface area contributed by atoms with E-state index in [0.29, 0.717) is 24.2 Å². The zero-order chi connectivity index (χ0) is 25.8. The second-order valence-electron chi connectivity index (χ2n) is 10.6. The van der Waals surface area contributed by atoms with Gasteiger partial charge in [0.15, 0.2) is 5.82 Å². The van der Waals surface area contributed by atoms with Gasteiger partial charge in [-0.05, 0) is 77.3 Å². The van der Waals surface area contributed by atoms with Crippen molar-refractivity contribution in [3.05, 3.63) is 70.7 Å². The number of nitrogens with one attached hydrogen (secondary N) is 1. The van der Waals surface area contributed by atoms with Crippen molar-refractivity contribution in [2.75, 3.05) is 0 Å². The number of pyridine rings is 1. The summed E-state index contributed by atoms with van der Waals surface area (Å²) in [4.78, 5) is 18.5. The average Bonchev–Trinajstić information content (AvgIpc) is 3.51. The first-order valence-corrected chi connectivity index (χ1v) is 13.6. The zero-order valence-corrected chi connectivity index (χ0v) is 22.1.